The van der Waals surface area contributed by atoms with E-state index in [-0.39, 0.29) is 13.0 Å². The highest BCUT2D eigenvalue weighted by Crippen LogP contribution is 2.26. The lowest BCUT2D eigenvalue weighted by molar-refractivity contribution is -0.146. The minimum atomic E-state index is -0.516. The van der Waals surface area contributed by atoms with E-state index in [9.17, 15) is 9.59 Å². The summed E-state index contributed by atoms with van der Waals surface area (Å²) in [5.41, 5.74) is 3.64. The van der Waals surface area contributed by atoms with Crippen molar-refractivity contribution in [1.29, 1.82) is 0 Å². The predicted molar refractivity (Wildman–Crippen MR) is 109 cm³/mol. The van der Waals surface area contributed by atoms with Crippen molar-refractivity contribution in [2.45, 2.75) is 20.3 Å². The number of nitrogens with one attached hydrogen (secondary N) is 1. The quantitative estimate of drug-likeness (QED) is 0.619. The summed E-state index contributed by atoms with van der Waals surface area (Å²) in [5.74, 6) is -0.928. The number of anilines is 1. The zero-order valence-electron chi connectivity index (χ0n) is 15.7. The fraction of sp³-hybridized carbons (Fsp3) is 0.263. The number of amides is 1. The summed E-state index contributed by atoms with van der Waals surface area (Å²) in [6, 6.07) is 7.35. The number of ether oxygens (including phenoxy) is 1. The van der Waals surface area contributed by atoms with Crippen LogP contribution in [0.4, 0.5) is 5.69 Å². The molecule has 0 saturated carbocycles. The number of nitrogens with zero attached hydrogens (tertiary/aromatic N) is 3. The fourth-order valence-electron chi connectivity index (χ4n) is 2.62. The lowest BCUT2D eigenvalue weighted by Crippen LogP contribution is -2.22. The molecule has 1 aromatic carbocycles. The summed E-state index contributed by atoms with van der Waals surface area (Å²) >= 11 is 7.41. The van der Waals surface area contributed by atoms with Gasteiger partial charge in [-0.05, 0) is 26.0 Å². The lowest BCUT2D eigenvalue weighted by Gasteiger charge is -2.06. The third-order valence-corrected chi connectivity index (χ3v) is 5.26. The standard InChI is InChI=1S/C19H19ClN4O3S/c1-11-18(12(2)24(3)23-11)22-16(25)9-27-17(26)8-15-10-28-19(21-15)13-5-4-6-14(20)7-13/h4-7,10H,8-9H2,1-3H3,(H,22,25). The van der Waals surface area contributed by atoms with Crippen molar-refractivity contribution in [2.75, 3.05) is 11.9 Å². The van der Waals surface area contributed by atoms with E-state index in [2.05, 4.69) is 15.4 Å². The topological polar surface area (TPSA) is 86.1 Å². The maximum absolute atomic E-state index is 12.1. The highest BCUT2D eigenvalue weighted by Gasteiger charge is 2.15. The second-order valence-electron chi connectivity index (χ2n) is 6.21. The molecule has 3 rings (SSSR count). The Labute approximate surface area is 171 Å². The van der Waals surface area contributed by atoms with Crippen LogP contribution in [0.3, 0.4) is 0 Å². The summed E-state index contributed by atoms with van der Waals surface area (Å²) in [6.45, 7) is 3.29. The zero-order valence-corrected chi connectivity index (χ0v) is 17.2. The average molecular weight is 419 g/mol. The van der Waals surface area contributed by atoms with E-state index < -0.39 is 11.9 Å². The number of carbonyl (C=O) groups excluding carboxylic acids is 2. The van der Waals surface area contributed by atoms with E-state index in [1.165, 1.54) is 11.3 Å². The molecular formula is C19H19ClN4O3S. The van der Waals surface area contributed by atoms with Crippen LogP contribution >= 0.6 is 22.9 Å². The molecule has 146 valence electrons. The van der Waals surface area contributed by atoms with Crippen molar-refractivity contribution in [3.63, 3.8) is 0 Å². The number of hydrogen-bond donors (Lipinski definition) is 1. The van der Waals surface area contributed by atoms with E-state index in [0.29, 0.717) is 22.1 Å². The summed E-state index contributed by atoms with van der Waals surface area (Å²) in [4.78, 5) is 28.5. The van der Waals surface area contributed by atoms with Crippen LogP contribution in [0.1, 0.15) is 17.1 Å². The maximum Gasteiger partial charge on any atom is 0.312 e. The number of rotatable bonds is 6. The summed E-state index contributed by atoms with van der Waals surface area (Å²) in [5, 5.41) is 10.1. The molecule has 1 N–H and O–H groups in total. The van der Waals surface area contributed by atoms with Gasteiger partial charge in [-0.3, -0.25) is 14.3 Å². The van der Waals surface area contributed by atoms with E-state index in [1.54, 1.807) is 30.1 Å². The molecule has 0 radical (unpaired) electrons. The first-order valence-corrected chi connectivity index (χ1v) is 9.75. The van der Waals surface area contributed by atoms with Crippen LogP contribution in [0, 0.1) is 13.8 Å². The van der Waals surface area contributed by atoms with Gasteiger partial charge in [-0.15, -0.1) is 11.3 Å². The van der Waals surface area contributed by atoms with Crippen LogP contribution in [0.15, 0.2) is 29.6 Å². The first-order valence-electron chi connectivity index (χ1n) is 8.49. The van der Waals surface area contributed by atoms with Gasteiger partial charge in [-0.1, -0.05) is 23.7 Å². The molecule has 0 spiro atoms. The summed E-state index contributed by atoms with van der Waals surface area (Å²) < 4.78 is 6.74. The number of carbonyl (C=O) groups is 2. The van der Waals surface area contributed by atoms with Gasteiger partial charge in [0.2, 0.25) is 0 Å². The van der Waals surface area contributed by atoms with Crippen molar-refractivity contribution in [3.8, 4) is 10.6 Å². The Morgan fingerprint density at radius 2 is 2.11 bits per heavy atom. The summed E-state index contributed by atoms with van der Waals surface area (Å²) in [7, 11) is 1.80. The van der Waals surface area contributed by atoms with Crippen LogP contribution in [-0.4, -0.2) is 33.2 Å². The number of benzene rings is 1. The third-order valence-electron chi connectivity index (χ3n) is 4.09. The first kappa shape index (κ1) is 20.0. The van der Waals surface area contributed by atoms with Crippen LogP contribution in [-0.2, 0) is 27.8 Å². The number of thiazole rings is 1. The van der Waals surface area contributed by atoms with E-state index in [1.807, 2.05) is 25.1 Å². The van der Waals surface area contributed by atoms with Gasteiger partial charge in [0.15, 0.2) is 6.61 Å². The number of hydrogen-bond acceptors (Lipinski definition) is 6. The second-order valence-corrected chi connectivity index (χ2v) is 7.50. The Bertz CT molecular complexity index is 1030. The Hall–Kier alpha value is -2.71. The molecule has 0 aliphatic rings. The lowest BCUT2D eigenvalue weighted by atomic mass is 10.2. The highest BCUT2D eigenvalue weighted by molar-refractivity contribution is 7.13. The number of esters is 1. The van der Waals surface area contributed by atoms with Gasteiger partial charge in [0.1, 0.15) is 5.01 Å². The normalized spacial score (nSPS) is 10.7. The minimum Gasteiger partial charge on any atom is -0.455 e. The molecule has 1 amide bonds. The summed E-state index contributed by atoms with van der Waals surface area (Å²) in [6.07, 6.45) is -0.00467. The SMILES string of the molecule is Cc1nn(C)c(C)c1NC(=O)COC(=O)Cc1csc(-c2cccc(Cl)c2)n1. The molecular weight excluding hydrogens is 400 g/mol. The molecule has 0 aliphatic carbocycles. The smallest absolute Gasteiger partial charge is 0.312 e. The molecule has 7 nitrogen and oxygen atoms in total. The van der Waals surface area contributed by atoms with Crippen molar-refractivity contribution in [2.24, 2.45) is 7.05 Å². The van der Waals surface area contributed by atoms with Gasteiger partial charge in [0.25, 0.3) is 5.91 Å². The third kappa shape index (κ3) is 4.76. The predicted octanol–water partition coefficient (Wildman–Crippen LogP) is 3.54. The zero-order chi connectivity index (χ0) is 20.3. The van der Waals surface area contributed by atoms with Gasteiger partial charge in [0.05, 0.1) is 29.2 Å². The average Bonchev–Trinajstić information content (AvgIpc) is 3.20. The highest BCUT2D eigenvalue weighted by atomic mass is 35.5. The van der Waals surface area contributed by atoms with Gasteiger partial charge >= 0.3 is 5.97 Å². The molecule has 0 saturated heterocycles. The van der Waals surface area contributed by atoms with Crippen LogP contribution in [0.5, 0.6) is 0 Å². The molecule has 0 aliphatic heterocycles. The van der Waals surface area contributed by atoms with Gasteiger partial charge in [0, 0.05) is 23.0 Å². The van der Waals surface area contributed by atoms with Gasteiger partial charge in [-0.2, -0.15) is 5.10 Å². The molecule has 28 heavy (non-hydrogen) atoms. The molecule has 0 atom stereocenters. The molecule has 0 fully saturated rings. The molecule has 2 aromatic heterocycles. The Morgan fingerprint density at radius 3 is 2.79 bits per heavy atom. The van der Waals surface area contributed by atoms with Crippen molar-refractivity contribution >= 4 is 40.5 Å². The Kier molecular flexibility index (Phi) is 6.11. The molecule has 9 heteroatoms. The van der Waals surface area contributed by atoms with Crippen molar-refractivity contribution < 1.29 is 14.3 Å². The van der Waals surface area contributed by atoms with Gasteiger partial charge in [-0.25, -0.2) is 4.98 Å². The van der Waals surface area contributed by atoms with E-state index in [4.69, 9.17) is 16.3 Å². The van der Waals surface area contributed by atoms with Crippen LogP contribution < -0.4 is 5.32 Å². The monoisotopic (exact) mass is 418 g/mol. The fourth-order valence-corrected chi connectivity index (χ4v) is 3.62. The maximum atomic E-state index is 12.1. The second kappa shape index (κ2) is 8.53. The number of aryl methyl sites for hydroxylation is 2. The Balaban J connectivity index is 1.52. The van der Waals surface area contributed by atoms with Gasteiger partial charge < -0.3 is 10.1 Å². The minimum absolute atomic E-state index is 0.00467. The first-order chi connectivity index (χ1) is 13.3. The van der Waals surface area contributed by atoms with Crippen LogP contribution in [0.25, 0.3) is 10.6 Å². The van der Waals surface area contributed by atoms with E-state index >= 15 is 0 Å². The molecule has 0 bridgehead atoms. The van der Waals surface area contributed by atoms with Crippen molar-refractivity contribution in [1.82, 2.24) is 14.8 Å². The van der Waals surface area contributed by atoms with Crippen LogP contribution in [0.2, 0.25) is 5.02 Å². The molecule has 0 unspecified atom stereocenters. The Morgan fingerprint density at radius 1 is 1.32 bits per heavy atom. The molecule has 3 aromatic rings. The molecule has 2 heterocycles. The number of aromatic nitrogens is 3. The number of halogens is 1. The largest absolute Gasteiger partial charge is 0.455 e. The van der Waals surface area contributed by atoms with Crippen molar-refractivity contribution in [3.05, 3.63) is 51.7 Å². The van der Waals surface area contributed by atoms with E-state index in [0.717, 1.165) is 16.3 Å².